The number of benzene rings is 1. The average molecular weight is 340 g/mol. The van der Waals surface area contributed by atoms with E-state index in [1.165, 1.54) is 5.56 Å². The summed E-state index contributed by atoms with van der Waals surface area (Å²) in [7, 11) is -3.29. The minimum absolute atomic E-state index is 0.152. The van der Waals surface area contributed by atoms with Crippen LogP contribution in [0, 0.1) is 0 Å². The van der Waals surface area contributed by atoms with E-state index in [1.54, 1.807) is 0 Å². The lowest BCUT2D eigenvalue weighted by Crippen LogP contribution is -2.51. The fourth-order valence-electron chi connectivity index (χ4n) is 2.85. The minimum atomic E-state index is -3.29. The van der Waals surface area contributed by atoms with E-state index in [9.17, 15) is 8.42 Å². The Morgan fingerprint density at radius 2 is 1.83 bits per heavy atom. The first kappa shape index (κ1) is 18.4. The van der Waals surface area contributed by atoms with Crippen LogP contribution in [0.15, 0.2) is 30.3 Å². The Labute approximate surface area is 139 Å². The van der Waals surface area contributed by atoms with Crippen LogP contribution < -0.4 is 10.0 Å². The van der Waals surface area contributed by atoms with Crippen molar-refractivity contribution in [2.24, 2.45) is 0 Å². The van der Waals surface area contributed by atoms with Gasteiger partial charge in [-0.3, -0.25) is 0 Å². The predicted molar refractivity (Wildman–Crippen MR) is 92.8 cm³/mol. The third kappa shape index (κ3) is 5.57. The van der Waals surface area contributed by atoms with E-state index in [0.29, 0.717) is 32.6 Å². The topological polar surface area (TPSA) is 67.4 Å². The number of ether oxygens (including phenoxy) is 1. The molecule has 1 saturated heterocycles. The summed E-state index contributed by atoms with van der Waals surface area (Å²) in [6.07, 6.45) is 1.15. The lowest BCUT2D eigenvalue weighted by atomic mass is 10.0. The van der Waals surface area contributed by atoms with Gasteiger partial charge >= 0.3 is 0 Å². The fraction of sp³-hybridized carbons (Fsp3) is 0.647. The maximum Gasteiger partial charge on any atom is 0.214 e. The Bertz CT molecular complexity index is 581. The molecule has 0 saturated carbocycles. The summed E-state index contributed by atoms with van der Waals surface area (Å²) in [6.45, 7) is 7.53. The van der Waals surface area contributed by atoms with Crippen molar-refractivity contribution < 1.29 is 13.2 Å². The number of hydrogen-bond acceptors (Lipinski definition) is 4. The molecule has 23 heavy (non-hydrogen) atoms. The van der Waals surface area contributed by atoms with Crippen molar-refractivity contribution in [2.75, 3.05) is 19.8 Å². The second-order valence-corrected chi connectivity index (χ2v) is 8.88. The van der Waals surface area contributed by atoms with Gasteiger partial charge in [-0.1, -0.05) is 30.3 Å². The first-order valence-electron chi connectivity index (χ1n) is 8.19. The minimum Gasteiger partial charge on any atom is -0.381 e. The van der Waals surface area contributed by atoms with Gasteiger partial charge in [0.15, 0.2) is 0 Å². The molecule has 1 aliphatic heterocycles. The normalized spacial score (nSPS) is 18.7. The zero-order chi connectivity index (χ0) is 16.9. The van der Waals surface area contributed by atoms with Crippen molar-refractivity contribution in [1.82, 2.24) is 10.0 Å². The highest BCUT2D eigenvalue weighted by Gasteiger charge is 2.30. The van der Waals surface area contributed by atoms with Crippen molar-refractivity contribution in [3.63, 3.8) is 0 Å². The number of sulfonamides is 1. The van der Waals surface area contributed by atoms with Crippen molar-refractivity contribution >= 4 is 10.0 Å². The molecule has 0 unspecified atom stereocenters. The first-order chi connectivity index (χ1) is 10.8. The smallest absolute Gasteiger partial charge is 0.214 e. The molecule has 0 spiro atoms. The van der Waals surface area contributed by atoms with Gasteiger partial charge in [-0.15, -0.1) is 0 Å². The zero-order valence-electron chi connectivity index (χ0n) is 14.2. The number of rotatable bonds is 7. The van der Waals surface area contributed by atoms with Crippen LogP contribution >= 0.6 is 0 Å². The van der Waals surface area contributed by atoms with Gasteiger partial charge in [-0.2, -0.15) is 0 Å². The van der Waals surface area contributed by atoms with Gasteiger partial charge < -0.3 is 10.1 Å². The van der Waals surface area contributed by atoms with Crippen LogP contribution in [0.2, 0.25) is 0 Å². The largest absolute Gasteiger partial charge is 0.381 e. The molecule has 1 fully saturated rings. The lowest BCUT2D eigenvalue weighted by molar-refractivity contribution is 0.0981. The number of hydrogen-bond donors (Lipinski definition) is 2. The Morgan fingerprint density at radius 3 is 2.43 bits per heavy atom. The van der Waals surface area contributed by atoms with Gasteiger partial charge in [-0.25, -0.2) is 13.1 Å². The molecule has 1 aliphatic rings. The second kappa shape index (κ2) is 7.75. The highest BCUT2D eigenvalue weighted by Crippen LogP contribution is 2.18. The van der Waals surface area contributed by atoms with Gasteiger partial charge in [0.1, 0.15) is 0 Å². The monoisotopic (exact) mass is 340 g/mol. The quantitative estimate of drug-likeness (QED) is 0.799. The van der Waals surface area contributed by atoms with Crippen molar-refractivity contribution in [2.45, 2.75) is 50.4 Å². The summed E-state index contributed by atoms with van der Waals surface area (Å²) >= 11 is 0. The van der Waals surface area contributed by atoms with Crippen LogP contribution in [0.5, 0.6) is 0 Å². The lowest BCUT2D eigenvalue weighted by Gasteiger charge is -2.32. The Balaban J connectivity index is 1.90. The summed E-state index contributed by atoms with van der Waals surface area (Å²) in [5.74, 6) is 0. The molecule has 0 bridgehead atoms. The second-order valence-electron chi connectivity index (χ2n) is 6.84. The van der Waals surface area contributed by atoms with Crippen LogP contribution in [0.4, 0.5) is 0 Å². The van der Waals surface area contributed by atoms with Gasteiger partial charge in [0.05, 0.1) is 5.25 Å². The molecule has 0 amide bonds. The average Bonchev–Trinajstić information content (AvgIpc) is 2.54. The first-order valence-corrected chi connectivity index (χ1v) is 9.74. The molecule has 1 atom stereocenters. The molecule has 1 aromatic rings. The Hall–Kier alpha value is -0.950. The van der Waals surface area contributed by atoms with Gasteiger partial charge in [-0.05, 0) is 39.2 Å². The van der Waals surface area contributed by atoms with Crippen LogP contribution in [-0.2, 0) is 14.8 Å². The fourth-order valence-corrected chi connectivity index (χ4v) is 4.46. The Morgan fingerprint density at radius 1 is 1.22 bits per heavy atom. The molecular weight excluding hydrogens is 312 g/mol. The predicted octanol–water partition coefficient (Wildman–Crippen LogP) is 2.21. The third-order valence-electron chi connectivity index (χ3n) is 4.23. The molecule has 6 heteroatoms. The van der Waals surface area contributed by atoms with E-state index in [-0.39, 0.29) is 16.8 Å². The highest BCUT2D eigenvalue weighted by atomic mass is 32.2. The van der Waals surface area contributed by atoms with E-state index in [0.717, 1.165) is 0 Å². The molecule has 0 aliphatic carbocycles. The standard InChI is InChI=1S/C17H28N2O3S/c1-14(15-7-5-4-6-8-15)19-17(2,3)13-18-23(20,21)16-9-11-22-12-10-16/h4-8,14,16,18-19H,9-13H2,1-3H3/t14-/m1/s1. The maximum atomic E-state index is 12.4. The van der Waals surface area contributed by atoms with Gasteiger partial charge in [0, 0.05) is 31.3 Å². The molecule has 0 aromatic heterocycles. The van der Waals surface area contributed by atoms with E-state index >= 15 is 0 Å². The molecule has 1 aromatic carbocycles. The molecule has 130 valence electrons. The van der Waals surface area contributed by atoms with E-state index in [1.807, 2.05) is 32.0 Å². The van der Waals surface area contributed by atoms with E-state index in [4.69, 9.17) is 4.74 Å². The van der Waals surface area contributed by atoms with Crippen LogP contribution in [0.1, 0.15) is 45.2 Å². The van der Waals surface area contributed by atoms with E-state index < -0.39 is 10.0 Å². The Kier molecular flexibility index (Phi) is 6.19. The highest BCUT2D eigenvalue weighted by molar-refractivity contribution is 7.90. The molecule has 1 heterocycles. The van der Waals surface area contributed by atoms with Gasteiger partial charge in [0.2, 0.25) is 10.0 Å². The molecule has 2 N–H and O–H groups in total. The van der Waals surface area contributed by atoms with Crippen LogP contribution in [0.25, 0.3) is 0 Å². The number of nitrogens with one attached hydrogen (secondary N) is 2. The summed E-state index contributed by atoms with van der Waals surface area (Å²) < 4.78 is 32.8. The summed E-state index contributed by atoms with van der Waals surface area (Å²) in [6, 6.07) is 10.3. The third-order valence-corrected chi connectivity index (χ3v) is 6.13. The van der Waals surface area contributed by atoms with Gasteiger partial charge in [0.25, 0.3) is 0 Å². The summed E-state index contributed by atoms with van der Waals surface area (Å²) in [5.41, 5.74) is 0.848. The molecule has 2 rings (SSSR count). The van der Waals surface area contributed by atoms with Crippen molar-refractivity contribution in [3.05, 3.63) is 35.9 Å². The van der Waals surface area contributed by atoms with Crippen LogP contribution in [0.3, 0.4) is 0 Å². The zero-order valence-corrected chi connectivity index (χ0v) is 15.0. The van der Waals surface area contributed by atoms with E-state index in [2.05, 4.69) is 29.1 Å². The molecule has 0 radical (unpaired) electrons. The van der Waals surface area contributed by atoms with Crippen molar-refractivity contribution in [3.8, 4) is 0 Å². The maximum absolute atomic E-state index is 12.4. The summed E-state index contributed by atoms with van der Waals surface area (Å²) in [5, 5.41) is 3.16. The van der Waals surface area contributed by atoms with Crippen molar-refractivity contribution in [1.29, 1.82) is 0 Å². The van der Waals surface area contributed by atoms with Crippen LogP contribution in [-0.4, -0.2) is 39.0 Å². The molecule has 5 nitrogen and oxygen atoms in total. The molecular formula is C17H28N2O3S. The summed E-state index contributed by atoms with van der Waals surface area (Å²) in [4.78, 5) is 0. The SMILES string of the molecule is C[C@@H](NC(C)(C)CNS(=O)(=O)C1CCOCC1)c1ccccc1.